The summed E-state index contributed by atoms with van der Waals surface area (Å²) < 4.78 is 1.71. The lowest BCUT2D eigenvalue weighted by molar-refractivity contribution is 0.796. The predicted octanol–water partition coefficient (Wildman–Crippen LogP) is 1.02. The molecule has 84 valence electrons. The SMILES string of the molecule is CNc1nc(C)cc(-n2nc(C)nc2C)n1. The summed E-state index contributed by atoms with van der Waals surface area (Å²) in [5, 5.41) is 7.20. The average Bonchev–Trinajstić information content (AvgIpc) is 2.57. The number of hydrogen-bond acceptors (Lipinski definition) is 5. The molecule has 2 rings (SSSR count). The Morgan fingerprint density at radius 1 is 1.12 bits per heavy atom. The van der Waals surface area contributed by atoms with E-state index in [1.165, 1.54) is 0 Å². The summed E-state index contributed by atoms with van der Waals surface area (Å²) in [4.78, 5) is 12.8. The van der Waals surface area contributed by atoms with Crippen LogP contribution in [0.25, 0.3) is 5.82 Å². The van der Waals surface area contributed by atoms with Gasteiger partial charge in [0.1, 0.15) is 11.6 Å². The van der Waals surface area contributed by atoms with Crippen LogP contribution in [0.3, 0.4) is 0 Å². The Kier molecular flexibility index (Phi) is 2.55. The quantitative estimate of drug-likeness (QED) is 0.815. The fourth-order valence-corrected chi connectivity index (χ4v) is 1.51. The van der Waals surface area contributed by atoms with Crippen molar-refractivity contribution in [2.45, 2.75) is 20.8 Å². The maximum Gasteiger partial charge on any atom is 0.224 e. The third kappa shape index (κ3) is 1.86. The summed E-state index contributed by atoms with van der Waals surface area (Å²) in [5.41, 5.74) is 0.891. The Labute approximate surface area is 93.8 Å². The second-order valence-corrected chi connectivity index (χ2v) is 3.56. The molecule has 16 heavy (non-hydrogen) atoms. The van der Waals surface area contributed by atoms with Gasteiger partial charge >= 0.3 is 0 Å². The molecule has 0 aromatic carbocycles. The zero-order valence-electron chi connectivity index (χ0n) is 9.81. The highest BCUT2D eigenvalue weighted by molar-refractivity contribution is 5.34. The van der Waals surface area contributed by atoms with Gasteiger partial charge in [-0.25, -0.2) is 9.97 Å². The molecule has 0 amide bonds. The fourth-order valence-electron chi connectivity index (χ4n) is 1.51. The largest absolute Gasteiger partial charge is 0.357 e. The van der Waals surface area contributed by atoms with Gasteiger partial charge in [0, 0.05) is 18.8 Å². The summed E-state index contributed by atoms with van der Waals surface area (Å²) in [5.74, 6) is 2.87. The average molecular weight is 218 g/mol. The van der Waals surface area contributed by atoms with Crippen LogP contribution in [0, 0.1) is 20.8 Å². The zero-order valence-corrected chi connectivity index (χ0v) is 9.81. The van der Waals surface area contributed by atoms with E-state index in [2.05, 4.69) is 25.4 Å². The molecule has 2 aromatic heterocycles. The molecule has 0 radical (unpaired) electrons. The molecule has 2 heterocycles. The van der Waals surface area contributed by atoms with Crippen molar-refractivity contribution in [3.05, 3.63) is 23.4 Å². The Bertz CT molecular complexity index is 516. The first-order valence-corrected chi connectivity index (χ1v) is 5.04. The van der Waals surface area contributed by atoms with E-state index < -0.39 is 0 Å². The smallest absolute Gasteiger partial charge is 0.224 e. The van der Waals surface area contributed by atoms with Crippen LogP contribution in [-0.2, 0) is 0 Å². The lowest BCUT2D eigenvalue weighted by atomic mass is 10.4. The van der Waals surface area contributed by atoms with Gasteiger partial charge in [-0.3, -0.25) is 0 Å². The molecule has 0 aliphatic carbocycles. The van der Waals surface area contributed by atoms with Gasteiger partial charge in [0.25, 0.3) is 0 Å². The normalized spacial score (nSPS) is 10.5. The molecule has 0 saturated heterocycles. The van der Waals surface area contributed by atoms with Crippen LogP contribution in [0.15, 0.2) is 6.07 Å². The molecule has 6 heteroatoms. The highest BCUT2D eigenvalue weighted by Crippen LogP contribution is 2.10. The first-order valence-electron chi connectivity index (χ1n) is 5.04. The van der Waals surface area contributed by atoms with Crippen molar-refractivity contribution < 1.29 is 0 Å². The minimum absolute atomic E-state index is 0.586. The van der Waals surface area contributed by atoms with E-state index in [0.717, 1.165) is 23.2 Å². The van der Waals surface area contributed by atoms with Gasteiger partial charge in [-0.1, -0.05) is 0 Å². The third-order valence-corrected chi connectivity index (χ3v) is 2.16. The fraction of sp³-hybridized carbons (Fsp3) is 0.400. The van der Waals surface area contributed by atoms with E-state index in [1.54, 1.807) is 11.7 Å². The van der Waals surface area contributed by atoms with E-state index in [0.29, 0.717) is 5.95 Å². The molecule has 0 spiro atoms. The molecule has 2 aromatic rings. The molecule has 0 aliphatic rings. The second kappa shape index (κ2) is 3.88. The van der Waals surface area contributed by atoms with Crippen LogP contribution in [0.2, 0.25) is 0 Å². The van der Waals surface area contributed by atoms with Crippen LogP contribution >= 0.6 is 0 Å². The number of nitrogens with one attached hydrogen (secondary N) is 1. The monoisotopic (exact) mass is 218 g/mol. The molecular formula is C10H14N6. The van der Waals surface area contributed by atoms with E-state index in [1.807, 2.05) is 26.8 Å². The van der Waals surface area contributed by atoms with Gasteiger partial charge in [-0.05, 0) is 20.8 Å². The number of rotatable bonds is 2. The minimum atomic E-state index is 0.586. The van der Waals surface area contributed by atoms with Crippen LogP contribution in [0.1, 0.15) is 17.3 Å². The van der Waals surface area contributed by atoms with Crippen molar-refractivity contribution in [3.8, 4) is 5.82 Å². The summed E-state index contributed by atoms with van der Waals surface area (Å²) in [6.45, 7) is 5.68. The Hall–Kier alpha value is -1.98. The number of nitrogens with zero attached hydrogens (tertiary/aromatic N) is 5. The van der Waals surface area contributed by atoms with Crippen molar-refractivity contribution in [2.75, 3.05) is 12.4 Å². The number of aromatic nitrogens is 5. The van der Waals surface area contributed by atoms with Gasteiger partial charge in [0.15, 0.2) is 5.82 Å². The van der Waals surface area contributed by atoms with Crippen molar-refractivity contribution in [3.63, 3.8) is 0 Å². The van der Waals surface area contributed by atoms with Crippen LogP contribution in [0.4, 0.5) is 5.95 Å². The Morgan fingerprint density at radius 3 is 2.44 bits per heavy atom. The second-order valence-electron chi connectivity index (χ2n) is 3.56. The van der Waals surface area contributed by atoms with Crippen LogP contribution in [-0.4, -0.2) is 31.8 Å². The molecule has 6 nitrogen and oxygen atoms in total. The molecular weight excluding hydrogens is 204 g/mol. The van der Waals surface area contributed by atoms with Crippen LogP contribution in [0.5, 0.6) is 0 Å². The number of anilines is 1. The first kappa shape index (κ1) is 10.5. The molecule has 0 bridgehead atoms. The van der Waals surface area contributed by atoms with Gasteiger partial charge in [-0.15, -0.1) is 5.10 Å². The van der Waals surface area contributed by atoms with Gasteiger partial charge in [0.05, 0.1) is 0 Å². The summed E-state index contributed by atoms with van der Waals surface area (Å²) in [6, 6.07) is 1.88. The van der Waals surface area contributed by atoms with E-state index >= 15 is 0 Å². The molecule has 0 aliphatic heterocycles. The van der Waals surface area contributed by atoms with Gasteiger partial charge in [0.2, 0.25) is 5.95 Å². The highest BCUT2D eigenvalue weighted by atomic mass is 15.4. The van der Waals surface area contributed by atoms with E-state index in [4.69, 9.17) is 0 Å². The van der Waals surface area contributed by atoms with Crippen molar-refractivity contribution >= 4 is 5.95 Å². The third-order valence-electron chi connectivity index (χ3n) is 2.16. The lowest BCUT2D eigenvalue weighted by Gasteiger charge is -2.05. The molecule has 0 saturated carbocycles. The van der Waals surface area contributed by atoms with Gasteiger partial charge in [-0.2, -0.15) is 9.67 Å². The van der Waals surface area contributed by atoms with Crippen molar-refractivity contribution in [2.24, 2.45) is 0 Å². The maximum atomic E-state index is 4.33. The standard InChI is InChI=1S/C10H14N6/c1-6-5-9(14-10(11-4)12-6)16-8(3)13-7(2)15-16/h5H,1-4H3,(H,11,12,14). The molecule has 0 unspecified atom stereocenters. The molecule has 1 N–H and O–H groups in total. The predicted molar refractivity (Wildman–Crippen MR) is 60.7 cm³/mol. The topological polar surface area (TPSA) is 68.5 Å². The van der Waals surface area contributed by atoms with E-state index in [9.17, 15) is 0 Å². The lowest BCUT2D eigenvalue weighted by Crippen LogP contribution is -2.06. The number of hydrogen-bond donors (Lipinski definition) is 1. The summed E-state index contributed by atoms with van der Waals surface area (Å²) in [6.07, 6.45) is 0. The van der Waals surface area contributed by atoms with E-state index in [-0.39, 0.29) is 0 Å². The van der Waals surface area contributed by atoms with Crippen molar-refractivity contribution in [1.82, 2.24) is 24.7 Å². The summed E-state index contributed by atoms with van der Waals surface area (Å²) >= 11 is 0. The van der Waals surface area contributed by atoms with Crippen LogP contribution < -0.4 is 5.32 Å². The van der Waals surface area contributed by atoms with Gasteiger partial charge < -0.3 is 5.32 Å². The molecule has 0 fully saturated rings. The highest BCUT2D eigenvalue weighted by Gasteiger charge is 2.08. The maximum absolute atomic E-state index is 4.33. The summed E-state index contributed by atoms with van der Waals surface area (Å²) in [7, 11) is 1.79. The van der Waals surface area contributed by atoms with Crippen molar-refractivity contribution in [1.29, 1.82) is 0 Å². The Morgan fingerprint density at radius 2 is 1.88 bits per heavy atom. The molecule has 0 atom stereocenters. The Balaban J connectivity index is 2.55. The first-order chi connectivity index (χ1) is 7.60. The zero-order chi connectivity index (χ0) is 11.7. The minimum Gasteiger partial charge on any atom is -0.357 e. The number of aryl methyl sites for hydroxylation is 3.